The average Bonchev–Trinajstić information content (AvgIpc) is 2.43. The molecular formula is C17H17F3N2O. The number of halogens is 3. The first-order chi connectivity index (χ1) is 10.7. The number of alkyl halides is 3. The molecule has 0 saturated heterocycles. The van der Waals surface area contributed by atoms with Crippen molar-refractivity contribution >= 4 is 17.3 Å². The third-order valence-corrected chi connectivity index (χ3v) is 3.15. The largest absolute Gasteiger partial charge is 0.416 e. The molecular weight excluding hydrogens is 305 g/mol. The fourth-order valence-corrected chi connectivity index (χ4v) is 2.24. The van der Waals surface area contributed by atoms with Gasteiger partial charge in [0.15, 0.2) is 0 Å². The molecule has 0 heterocycles. The molecule has 2 aromatic carbocycles. The first-order valence-corrected chi connectivity index (χ1v) is 7.03. The van der Waals surface area contributed by atoms with E-state index in [0.29, 0.717) is 0 Å². The van der Waals surface area contributed by atoms with Gasteiger partial charge in [0.05, 0.1) is 12.1 Å². The highest BCUT2D eigenvalue weighted by Crippen LogP contribution is 2.30. The molecule has 6 heteroatoms. The second-order valence-corrected chi connectivity index (χ2v) is 5.36. The Kier molecular flexibility index (Phi) is 4.93. The molecule has 122 valence electrons. The van der Waals surface area contributed by atoms with E-state index in [9.17, 15) is 18.0 Å². The Bertz CT molecular complexity index is 691. The number of carbonyl (C=O) groups is 1. The third-order valence-electron chi connectivity index (χ3n) is 3.15. The minimum absolute atomic E-state index is 0.0286. The van der Waals surface area contributed by atoms with Gasteiger partial charge >= 0.3 is 6.18 Å². The summed E-state index contributed by atoms with van der Waals surface area (Å²) < 4.78 is 37.9. The molecule has 23 heavy (non-hydrogen) atoms. The van der Waals surface area contributed by atoms with E-state index in [-0.39, 0.29) is 12.2 Å². The number of carbonyl (C=O) groups excluding carboxylic acids is 1. The zero-order chi connectivity index (χ0) is 17.0. The fraction of sp³-hybridized carbons (Fsp3) is 0.235. The van der Waals surface area contributed by atoms with Gasteiger partial charge < -0.3 is 10.6 Å². The predicted octanol–water partition coefficient (Wildman–Crippen LogP) is 4.37. The maximum Gasteiger partial charge on any atom is 0.416 e. The van der Waals surface area contributed by atoms with Gasteiger partial charge in [-0.1, -0.05) is 12.1 Å². The first kappa shape index (κ1) is 16.9. The summed E-state index contributed by atoms with van der Waals surface area (Å²) >= 11 is 0. The van der Waals surface area contributed by atoms with Gasteiger partial charge in [-0.25, -0.2) is 0 Å². The van der Waals surface area contributed by atoms with E-state index in [2.05, 4.69) is 10.6 Å². The zero-order valence-corrected chi connectivity index (χ0v) is 12.8. The molecule has 0 unspecified atom stereocenters. The number of anilines is 2. The van der Waals surface area contributed by atoms with Gasteiger partial charge in [-0.2, -0.15) is 13.2 Å². The van der Waals surface area contributed by atoms with Crippen molar-refractivity contribution in [3.05, 3.63) is 59.2 Å². The van der Waals surface area contributed by atoms with Crippen LogP contribution in [0.3, 0.4) is 0 Å². The van der Waals surface area contributed by atoms with Crippen molar-refractivity contribution in [1.29, 1.82) is 0 Å². The highest BCUT2D eigenvalue weighted by Gasteiger charge is 2.30. The molecule has 1 amide bonds. The monoisotopic (exact) mass is 322 g/mol. The van der Waals surface area contributed by atoms with Gasteiger partial charge in [-0.05, 0) is 55.3 Å². The van der Waals surface area contributed by atoms with Crippen LogP contribution in [0, 0.1) is 13.8 Å². The van der Waals surface area contributed by atoms with Crippen LogP contribution in [0.1, 0.15) is 16.7 Å². The van der Waals surface area contributed by atoms with Crippen LogP contribution in [0.15, 0.2) is 42.5 Å². The lowest BCUT2D eigenvalue weighted by molar-refractivity contribution is -0.137. The van der Waals surface area contributed by atoms with Crippen molar-refractivity contribution in [2.75, 3.05) is 17.2 Å². The number of aryl methyl sites for hydroxylation is 2. The second-order valence-electron chi connectivity index (χ2n) is 5.36. The average molecular weight is 322 g/mol. The molecule has 0 fully saturated rings. The number of hydrogen-bond acceptors (Lipinski definition) is 2. The molecule has 0 bridgehead atoms. The molecule has 3 nitrogen and oxygen atoms in total. The number of rotatable bonds is 4. The van der Waals surface area contributed by atoms with E-state index in [1.54, 1.807) is 0 Å². The Morgan fingerprint density at radius 2 is 1.65 bits per heavy atom. The van der Waals surface area contributed by atoms with Crippen molar-refractivity contribution in [3.8, 4) is 0 Å². The molecule has 0 saturated carbocycles. The Labute approximate surface area is 132 Å². The molecule has 0 spiro atoms. The SMILES string of the molecule is Cc1cc(C)cc(NCC(=O)Nc2cccc(C(F)(F)F)c2)c1. The Hall–Kier alpha value is -2.50. The van der Waals surface area contributed by atoms with E-state index in [1.807, 2.05) is 32.0 Å². The summed E-state index contributed by atoms with van der Waals surface area (Å²) in [7, 11) is 0. The van der Waals surface area contributed by atoms with Crippen LogP contribution in [-0.2, 0) is 11.0 Å². The standard InChI is InChI=1S/C17H17F3N2O/c1-11-6-12(2)8-15(7-11)21-10-16(23)22-14-5-3-4-13(9-14)17(18,19)20/h3-9,21H,10H2,1-2H3,(H,22,23). The van der Waals surface area contributed by atoms with Crippen molar-refractivity contribution in [2.24, 2.45) is 0 Å². The van der Waals surface area contributed by atoms with E-state index in [4.69, 9.17) is 0 Å². The normalized spacial score (nSPS) is 11.2. The topological polar surface area (TPSA) is 41.1 Å². The van der Waals surface area contributed by atoms with E-state index in [1.165, 1.54) is 12.1 Å². The Morgan fingerprint density at radius 1 is 1.00 bits per heavy atom. The van der Waals surface area contributed by atoms with Gasteiger partial charge in [-0.15, -0.1) is 0 Å². The summed E-state index contributed by atoms with van der Waals surface area (Å²) in [6, 6.07) is 10.3. The first-order valence-electron chi connectivity index (χ1n) is 7.03. The smallest absolute Gasteiger partial charge is 0.376 e. The maximum atomic E-state index is 12.6. The predicted molar refractivity (Wildman–Crippen MR) is 84.5 cm³/mol. The van der Waals surface area contributed by atoms with Crippen molar-refractivity contribution in [3.63, 3.8) is 0 Å². The Balaban J connectivity index is 1.97. The number of benzene rings is 2. The molecule has 2 rings (SSSR count). The minimum atomic E-state index is -4.43. The maximum absolute atomic E-state index is 12.6. The molecule has 0 aliphatic rings. The number of nitrogens with one attached hydrogen (secondary N) is 2. The van der Waals surface area contributed by atoms with Crippen LogP contribution in [-0.4, -0.2) is 12.5 Å². The molecule has 0 aromatic heterocycles. The third kappa shape index (κ3) is 5.02. The summed E-state index contributed by atoms with van der Waals surface area (Å²) in [4.78, 5) is 11.9. The van der Waals surface area contributed by atoms with Crippen molar-refractivity contribution < 1.29 is 18.0 Å². The lowest BCUT2D eigenvalue weighted by Crippen LogP contribution is -2.22. The highest BCUT2D eigenvalue weighted by atomic mass is 19.4. The van der Waals surface area contributed by atoms with Crippen LogP contribution in [0.25, 0.3) is 0 Å². The lowest BCUT2D eigenvalue weighted by Gasteiger charge is -2.11. The summed E-state index contributed by atoms with van der Waals surface area (Å²) in [6.45, 7) is 3.86. The molecule has 0 atom stereocenters. The van der Waals surface area contributed by atoms with Crippen molar-refractivity contribution in [2.45, 2.75) is 20.0 Å². The van der Waals surface area contributed by atoms with Crippen LogP contribution in [0.5, 0.6) is 0 Å². The summed E-state index contributed by atoms with van der Waals surface area (Å²) in [5, 5.41) is 5.41. The van der Waals surface area contributed by atoms with E-state index >= 15 is 0 Å². The number of hydrogen-bond donors (Lipinski definition) is 2. The van der Waals surface area contributed by atoms with Gasteiger partial charge in [0, 0.05) is 11.4 Å². The fourth-order valence-electron chi connectivity index (χ4n) is 2.24. The van der Waals surface area contributed by atoms with Crippen LogP contribution >= 0.6 is 0 Å². The molecule has 2 N–H and O–H groups in total. The lowest BCUT2D eigenvalue weighted by atomic mass is 10.1. The van der Waals surface area contributed by atoms with Gasteiger partial charge in [0.25, 0.3) is 0 Å². The van der Waals surface area contributed by atoms with Crippen LogP contribution in [0.2, 0.25) is 0 Å². The Morgan fingerprint density at radius 3 is 2.26 bits per heavy atom. The molecule has 2 aromatic rings. The van der Waals surface area contributed by atoms with E-state index in [0.717, 1.165) is 28.9 Å². The molecule has 0 aliphatic carbocycles. The summed E-state index contributed by atoms with van der Waals surface area (Å²) in [5.41, 5.74) is 2.24. The minimum Gasteiger partial charge on any atom is -0.376 e. The van der Waals surface area contributed by atoms with Crippen LogP contribution in [0.4, 0.5) is 24.5 Å². The van der Waals surface area contributed by atoms with Gasteiger partial charge in [0.2, 0.25) is 5.91 Å². The van der Waals surface area contributed by atoms with Crippen LogP contribution < -0.4 is 10.6 Å². The van der Waals surface area contributed by atoms with Gasteiger partial charge in [0.1, 0.15) is 0 Å². The van der Waals surface area contributed by atoms with E-state index < -0.39 is 17.6 Å². The van der Waals surface area contributed by atoms with Crippen molar-refractivity contribution in [1.82, 2.24) is 0 Å². The summed E-state index contributed by atoms with van der Waals surface area (Å²) in [5.74, 6) is -0.413. The molecule has 0 aliphatic heterocycles. The zero-order valence-electron chi connectivity index (χ0n) is 12.8. The molecule has 0 radical (unpaired) electrons. The number of amides is 1. The highest BCUT2D eigenvalue weighted by molar-refractivity contribution is 5.93. The second kappa shape index (κ2) is 6.73. The quantitative estimate of drug-likeness (QED) is 0.877. The van der Waals surface area contributed by atoms with Gasteiger partial charge in [-0.3, -0.25) is 4.79 Å². The summed E-state index contributed by atoms with van der Waals surface area (Å²) in [6.07, 6.45) is -4.43.